The van der Waals surface area contributed by atoms with Crippen LogP contribution < -0.4 is 4.74 Å². The minimum Gasteiger partial charge on any atom is -0.483 e. The lowest BCUT2D eigenvalue weighted by molar-refractivity contribution is -0.153. The first kappa shape index (κ1) is 14.2. The number of methoxy groups -OCH3 is 1. The van der Waals surface area contributed by atoms with Crippen LogP contribution in [0, 0.1) is 6.92 Å². The Morgan fingerprint density at radius 1 is 1.30 bits per heavy atom. The van der Waals surface area contributed by atoms with E-state index in [2.05, 4.69) is 4.74 Å². The molecule has 4 nitrogen and oxygen atoms in total. The van der Waals surface area contributed by atoms with E-state index >= 15 is 0 Å². The van der Waals surface area contributed by atoms with Crippen LogP contribution in [0.25, 0.3) is 11.0 Å². The summed E-state index contributed by atoms with van der Waals surface area (Å²) in [5.74, 6) is -0.256. The van der Waals surface area contributed by atoms with Gasteiger partial charge < -0.3 is 13.9 Å². The van der Waals surface area contributed by atoms with E-state index in [-0.39, 0.29) is 16.9 Å². The summed E-state index contributed by atoms with van der Waals surface area (Å²) in [6, 6.07) is 4.14. The number of alkyl halides is 3. The Hall–Kier alpha value is -2.18. The van der Waals surface area contributed by atoms with E-state index < -0.39 is 18.8 Å². The number of carbonyl (C=O) groups is 1. The number of furan rings is 1. The number of hydrogen-bond acceptors (Lipinski definition) is 4. The van der Waals surface area contributed by atoms with Crippen LogP contribution in [0.5, 0.6) is 5.75 Å². The largest absolute Gasteiger partial charge is 0.483 e. The van der Waals surface area contributed by atoms with E-state index in [1.165, 1.54) is 19.2 Å². The Morgan fingerprint density at radius 3 is 2.60 bits per heavy atom. The molecule has 20 heavy (non-hydrogen) atoms. The lowest BCUT2D eigenvalue weighted by Gasteiger charge is -2.10. The maximum atomic E-state index is 12.2. The number of fused-ring (bicyclic) bond motifs is 1. The van der Waals surface area contributed by atoms with Crippen LogP contribution in [0.1, 0.15) is 16.1 Å². The average Bonchev–Trinajstić information content (AvgIpc) is 2.74. The predicted octanol–water partition coefficient (Wildman–Crippen LogP) is 3.47. The van der Waals surface area contributed by atoms with Gasteiger partial charge in [-0.1, -0.05) is 0 Å². The summed E-state index contributed by atoms with van der Waals surface area (Å²) in [7, 11) is 1.18. The molecule has 0 saturated carbocycles. The van der Waals surface area contributed by atoms with Gasteiger partial charge in [0, 0.05) is 0 Å². The molecule has 0 aliphatic rings. The Morgan fingerprint density at radius 2 is 2.00 bits per heavy atom. The Balaban J connectivity index is 2.46. The van der Waals surface area contributed by atoms with Gasteiger partial charge in [-0.2, -0.15) is 13.2 Å². The molecule has 1 heterocycles. The molecule has 108 valence electrons. The first-order valence-electron chi connectivity index (χ1n) is 5.62. The third-order valence-electron chi connectivity index (χ3n) is 2.54. The molecule has 0 aliphatic carbocycles. The molecule has 0 fully saturated rings. The van der Waals surface area contributed by atoms with Gasteiger partial charge in [-0.05, 0) is 25.1 Å². The molecule has 0 aliphatic heterocycles. The SMILES string of the molecule is COC(=O)c1cc(OCC(F)(F)F)c2cc(C)oc2c1. The fraction of sp³-hybridized carbons (Fsp3) is 0.308. The second-order valence-corrected chi connectivity index (χ2v) is 4.14. The van der Waals surface area contributed by atoms with Gasteiger partial charge in [0.2, 0.25) is 0 Å². The smallest absolute Gasteiger partial charge is 0.422 e. The fourth-order valence-corrected chi connectivity index (χ4v) is 1.75. The molecule has 1 aromatic carbocycles. The second kappa shape index (κ2) is 5.07. The number of ether oxygens (including phenoxy) is 2. The predicted molar refractivity (Wildman–Crippen MR) is 63.8 cm³/mol. The summed E-state index contributed by atoms with van der Waals surface area (Å²) < 4.78 is 51.3. The molecule has 0 N–H and O–H groups in total. The van der Waals surface area contributed by atoms with Crippen molar-refractivity contribution in [2.24, 2.45) is 0 Å². The summed E-state index contributed by atoms with van der Waals surface area (Å²) in [6.45, 7) is 0.197. The highest BCUT2D eigenvalue weighted by molar-refractivity contribution is 5.96. The minimum atomic E-state index is -4.47. The maximum absolute atomic E-state index is 12.2. The quantitative estimate of drug-likeness (QED) is 0.811. The summed E-state index contributed by atoms with van der Waals surface area (Å²) in [4.78, 5) is 11.5. The molecule has 0 spiro atoms. The van der Waals surface area contributed by atoms with Crippen LogP contribution in [0.2, 0.25) is 0 Å². The Labute approximate surface area is 112 Å². The number of carbonyl (C=O) groups excluding carboxylic acids is 1. The van der Waals surface area contributed by atoms with E-state index in [4.69, 9.17) is 9.15 Å². The molecule has 2 rings (SSSR count). The van der Waals surface area contributed by atoms with Crippen LogP contribution in [0.15, 0.2) is 22.6 Å². The molecule has 2 aromatic rings. The van der Waals surface area contributed by atoms with Crippen molar-refractivity contribution in [2.75, 3.05) is 13.7 Å². The van der Waals surface area contributed by atoms with Gasteiger partial charge in [-0.25, -0.2) is 4.79 Å². The van der Waals surface area contributed by atoms with E-state index in [1.54, 1.807) is 13.0 Å². The van der Waals surface area contributed by atoms with Crippen LogP contribution in [-0.4, -0.2) is 25.9 Å². The van der Waals surface area contributed by atoms with E-state index in [1.807, 2.05) is 0 Å². The molecule has 0 unspecified atom stereocenters. The molecule has 0 radical (unpaired) electrons. The monoisotopic (exact) mass is 288 g/mol. The van der Waals surface area contributed by atoms with Crippen molar-refractivity contribution in [3.8, 4) is 5.75 Å². The summed E-state index contributed by atoms with van der Waals surface area (Å²) in [5, 5.41) is 0.374. The third kappa shape index (κ3) is 3.04. The maximum Gasteiger partial charge on any atom is 0.422 e. The van der Waals surface area contributed by atoms with Crippen molar-refractivity contribution in [2.45, 2.75) is 13.1 Å². The fourth-order valence-electron chi connectivity index (χ4n) is 1.75. The lowest BCUT2D eigenvalue weighted by atomic mass is 10.1. The summed E-state index contributed by atoms with van der Waals surface area (Å²) >= 11 is 0. The summed E-state index contributed by atoms with van der Waals surface area (Å²) in [6.07, 6.45) is -4.47. The van der Waals surface area contributed by atoms with E-state index in [0.717, 1.165) is 0 Å². The standard InChI is InChI=1S/C13H11F3O4/c1-7-3-9-10(19-6-13(14,15)16)4-8(12(17)18-2)5-11(9)20-7/h3-5H,6H2,1-2H3. The number of halogens is 3. The van der Waals surface area contributed by atoms with Gasteiger partial charge >= 0.3 is 12.1 Å². The molecule has 0 saturated heterocycles. The van der Waals surface area contributed by atoms with Crippen molar-refractivity contribution in [3.63, 3.8) is 0 Å². The lowest BCUT2D eigenvalue weighted by Crippen LogP contribution is -2.19. The first-order valence-corrected chi connectivity index (χ1v) is 5.62. The van der Waals surface area contributed by atoms with Gasteiger partial charge in [0.1, 0.15) is 17.1 Å². The number of benzene rings is 1. The third-order valence-corrected chi connectivity index (χ3v) is 2.54. The van der Waals surface area contributed by atoms with Crippen molar-refractivity contribution in [3.05, 3.63) is 29.5 Å². The molecular formula is C13H11F3O4. The van der Waals surface area contributed by atoms with Crippen molar-refractivity contribution >= 4 is 16.9 Å². The minimum absolute atomic E-state index is 0.0616. The van der Waals surface area contributed by atoms with Gasteiger partial charge in [0.15, 0.2) is 6.61 Å². The van der Waals surface area contributed by atoms with Gasteiger partial charge in [0.25, 0.3) is 0 Å². The van der Waals surface area contributed by atoms with Crippen LogP contribution >= 0.6 is 0 Å². The topological polar surface area (TPSA) is 48.7 Å². The highest BCUT2D eigenvalue weighted by atomic mass is 19.4. The zero-order valence-electron chi connectivity index (χ0n) is 10.7. The second-order valence-electron chi connectivity index (χ2n) is 4.14. The molecule has 0 bridgehead atoms. The highest BCUT2D eigenvalue weighted by Gasteiger charge is 2.29. The van der Waals surface area contributed by atoms with Crippen LogP contribution in [-0.2, 0) is 4.74 Å². The molecular weight excluding hydrogens is 277 g/mol. The zero-order valence-corrected chi connectivity index (χ0v) is 10.7. The molecule has 0 atom stereocenters. The van der Waals surface area contributed by atoms with Gasteiger partial charge in [-0.3, -0.25) is 0 Å². The van der Waals surface area contributed by atoms with Gasteiger partial charge in [-0.15, -0.1) is 0 Å². The Kier molecular flexibility index (Phi) is 3.61. The number of aryl methyl sites for hydroxylation is 1. The first-order chi connectivity index (χ1) is 9.30. The average molecular weight is 288 g/mol. The Bertz CT molecular complexity index is 643. The molecule has 1 aromatic heterocycles. The van der Waals surface area contributed by atoms with Crippen molar-refractivity contribution in [1.82, 2.24) is 0 Å². The van der Waals surface area contributed by atoms with Crippen molar-refractivity contribution in [1.29, 1.82) is 0 Å². The van der Waals surface area contributed by atoms with Crippen molar-refractivity contribution < 1.29 is 31.9 Å². The normalized spacial score (nSPS) is 11.7. The summed E-state index contributed by atoms with van der Waals surface area (Å²) in [5.41, 5.74) is 0.328. The number of hydrogen-bond donors (Lipinski definition) is 0. The molecule has 7 heteroatoms. The van der Waals surface area contributed by atoms with Crippen LogP contribution in [0.4, 0.5) is 13.2 Å². The number of esters is 1. The zero-order chi connectivity index (χ0) is 14.9. The van der Waals surface area contributed by atoms with E-state index in [0.29, 0.717) is 11.1 Å². The highest BCUT2D eigenvalue weighted by Crippen LogP contribution is 2.32. The molecule has 0 amide bonds. The van der Waals surface area contributed by atoms with E-state index in [9.17, 15) is 18.0 Å². The van der Waals surface area contributed by atoms with Crippen LogP contribution in [0.3, 0.4) is 0 Å². The van der Waals surface area contributed by atoms with Gasteiger partial charge in [0.05, 0.1) is 18.1 Å². The number of rotatable bonds is 3.